The zero-order valence-electron chi connectivity index (χ0n) is 17.1. The first-order chi connectivity index (χ1) is 15.9. The van der Waals surface area contributed by atoms with Crippen LogP contribution in [0, 0.1) is 0 Å². The fourth-order valence-corrected chi connectivity index (χ4v) is 3.84. The quantitative estimate of drug-likeness (QED) is 0.343. The van der Waals surface area contributed by atoms with Gasteiger partial charge in [0.1, 0.15) is 5.75 Å². The average Bonchev–Trinajstić information content (AvgIpc) is 3.29. The number of amides is 1. The third-order valence-corrected chi connectivity index (χ3v) is 5.59. The van der Waals surface area contributed by atoms with Crippen molar-refractivity contribution in [3.05, 3.63) is 102 Å². The molecule has 0 radical (unpaired) electrons. The summed E-state index contributed by atoms with van der Waals surface area (Å²) >= 11 is 1.52. The van der Waals surface area contributed by atoms with E-state index in [2.05, 4.69) is 10.4 Å². The topological polar surface area (TPSA) is 56.2 Å². The lowest BCUT2D eigenvalue weighted by Gasteiger charge is -2.10. The number of aromatic nitrogens is 2. The summed E-state index contributed by atoms with van der Waals surface area (Å²) in [7, 11) is 0. The zero-order chi connectivity index (χ0) is 23.3. The second-order valence-corrected chi connectivity index (χ2v) is 8.02. The van der Waals surface area contributed by atoms with Gasteiger partial charge in [0.05, 0.1) is 11.3 Å². The maximum atomic E-state index is 12.8. The smallest absolute Gasteiger partial charge is 0.416 e. The van der Waals surface area contributed by atoms with Crippen molar-refractivity contribution < 1.29 is 22.7 Å². The fourth-order valence-electron chi connectivity index (χ4n) is 2.92. The molecule has 1 amide bonds. The first-order valence-electron chi connectivity index (χ1n) is 9.85. The van der Waals surface area contributed by atoms with Gasteiger partial charge in [-0.3, -0.25) is 4.79 Å². The Bertz CT molecular complexity index is 1240. The highest BCUT2D eigenvalue weighted by molar-refractivity contribution is 7.99. The van der Waals surface area contributed by atoms with E-state index >= 15 is 0 Å². The molecule has 5 nitrogen and oxygen atoms in total. The number of carbonyl (C=O) groups is 1. The Kier molecular flexibility index (Phi) is 6.69. The van der Waals surface area contributed by atoms with E-state index < -0.39 is 17.6 Å². The molecule has 0 spiro atoms. The van der Waals surface area contributed by atoms with Gasteiger partial charge >= 0.3 is 6.18 Å². The Morgan fingerprint density at radius 1 is 0.970 bits per heavy atom. The number of carbonyl (C=O) groups excluding carboxylic acids is 1. The van der Waals surface area contributed by atoms with E-state index in [4.69, 9.17) is 4.74 Å². The average molecular weight is 469 g/mol. The van der Waals surface area contributed by atoms with Crippen LogP contribution < -0.4 is 10.1 Å². The van der Waals surface area contributed by atoms with Crippen molar-refractivity contribution >= 4 is 23.4 Å². The van der Waals surface area contributed by atoms with Gasteiger partial charge in [-0.2, -0.15) is 18.3 Å². The summed E-state index contributed by atoms with van der Waals surface area (Å²) in [5.74, 6) is -0.355. The molecule has 0 aliphatic rings. The minimum Gasteiger partial charge on any atom is -0.471 e. The third kappa shape index (κ3) is 5.95. The van der Waals surface area contributed by atoms with E-state index in [9.17, 15) is 18.0 Å². The molecule has 0 bridgehead atoms. The Labute approximate surface area is 192 Å². The molecule has 168 valence electrons. The van der Waals surface area contributed by atoms with Gasteiger partial charge in [-0.05, 0) is 48.5 Å². The molecular weight excluding hydrogens is 451 g/mol. The normalized spacial score (nSPS) is 11.2. The summed E-state index contributed by atoms with van der Waals surface area (Å²) in [4.78, 5) is 14.6. The molecule has 0 unspecified atom stereocenters. The molecule has 33 heavy (non-hydrogen) atoms. The number of rotatable bonds is 7. The third-order valence-electron chi connectivity index (χ3n) is 4.50. The van der Waals surface area contributed by atoms with Crippen molar-refractivity contribution in [3.63, 3.8) is 0 Å². The molecule has 9 heteroatoms. The molecule has 0 atom stereocenters. The number of ether oxygens (including phenoxy) is 1. The van der Waals surface area contributed by atoms with Gasteiger partial charge in [0.15, 0.2) is 12.4 Å². The van der Waals surface area contributed by atoms with E-state index in [0.717, 1.165) is 21.9 Å². The number of halogens is 3. The lowest BCUT2D eigenvalue weighted by atomic mass is 10.2. The fraction of sp³-hybridized carbons (Fsp3) is 0.0833. The van der Waals surface area contributed by atoms with Crippen LogP contribution in [0.25, 0.3) is 0 Å². The number of para-hydroxylation sites is 1. The minimum atomic E-state index is -4.45. The molecule has 0 fully saturated rings. The van der Waals surface area contributed by atoms with Gasteiger partial charge in [-0.25, -0.2) is 4.68 Å². The molecule has 0 saturated carbocycles. The Hall–Kier alpha value is -3.72. The molecule has 1 heterocycles. The second-order valence-electron chi connectivity index (χ2n) is 6.90. The van der Waals surface area contributed by atoms with Gasteiger partial charge in [-0.15, -0.1) is 0 Å². The number of nitrogens with one attached hydrogen (secondary N) is 1. The van der Waals surface area contributed by atoms with Gasteiger partial charge in [0, 0.05) is 16.0 Å². The van der Waals surface area contributed by atoms with E-state index in [1.54, 1.807) is 6.07 Å². The number of hydrogen-bond acceptors (Lipinski definition) is 4. The summed E-state index contributed by atoms with van der Waals surface area (Å²) in [5, 5.41) is 7.01. The highest BCUT2D eigenvalue weighted by Crippen LogP contribution is 2.33. The van der Waals surface area contributed by atoms with E-state index in [-0.39, 0.29) is 18.2 Å². The highest BCUT2D eigenvalue weighted by Gasteiger charge is 2.30. The Balaban J connectivity index is 1.40. The standard InChI is InChI=1S/C24H18F3N3O2S/c25-24(26,27)17-7-6-8-18(15-17)32-16-30-14-13-21(29-30)23(31)28-20-11-4-5-12-22(20)33-19-9-2-1-3-10-19/h1-15H,16H2,(H,28,31). The maximum Gasteiger partial charge on any atom is 0.416 e. The van der Waals surface area contributed by atoms with Gasteiger partial charge in [-0.1, -0.05) is 48.2 Å². The summed E-state index contributed by atoms with van der Waals surface area (Å²) in [6, 6.07) is 23.3. The molecule has 4 rings (SSSR count). The molecule has 1 aromatic heterocycles. The van der Waals surface area contributed by atoms with Crippen molar-refractivity contribution in [2.24, 2.45) is 0 Å². The summed E-state index contributed by atoms with van der Waals surface area (Å²) in [5.41, 5.74) is 0.000782. The van der Waals surface area contributed by atoms with Crippen LogP contribution in [0.4, 0.5) is 18.9 Å². The Morgan fingerprint density at radius 3 is 2.52 bits per heavy atom. The van der Waals surface area contributed by atoms with Crippen molar-refractivity contribution in [2.75, 3.05) is 5.32 Å². The number of nitrogens with zero attached hydrogens (tertiary/aromatic N) is 2. The number of anilines is 1. The Morgan fingerprint density at radius 2 is 1.73 bits per heavy atom. The van der Waals surface area contributed by atoms with Crippen LogP contribution in [0.15, 0.2) is 101 Å². The van der Waals surface area contributed by atoms with Crippen LogP contribution in [0.2, 0.25) is 0 Å². The van der Waals surface area contributed by atoms with Crippen molar-refractivity contribution in [2.45, 2.75) is 22.7 Å². The molecule has 3 aromatic carbocycles. The lowest BCUT2D eigenvalue weighted by Crippen LogP contribution is -2.14. The number of hydrogen-bond donors (Lipinski definition) is 1. The van der Waals surface area contributed by atoms with Crippen molar-refractivity contribution in [3.8, 4) is 5.75 Å². The van der Waals surface area contributed by atoms with Gasteiger partial charge in [0.25, 0.3) is 5.91 Å². The van der Waals surface area contributed by atoms with Crippen LogP contribution in [0.1, 0.15) is 16.1 Å². The SMILES string of the molecule is O=C(Nc1ccccc1Sc1ccccc1)c1ccn(COc2cccc(C(F)(F)F)c2)n1. The van der Waals surface area contributed by atoms with Gasteiger partial charge < -0.3 is 10.1 Å². The summed E-state index contributed by atoms with van der Waals surface area (Å²) in [6.07, 6.45) is -2.93. The first kappa shape index (κ1) is 22.5. The molecular formula is C24H18F3N3O2S. The molecule has 0 saturated heterocycles. The number of benzene rings is 3. The molecule has 4 aromatic rings. The van der Waals surface area contributed by atoms with Crippen LogP contribution >= 0.6 is 11.8 Å². The molecule has 0 aliphatic heterocycles. The van der Waals surface area contributed by atoms with Crippen molar-refractivity contribution in [1.29, 1.82) is 0 Å². The van der Waals surface area contributed by atoms with E-state index in [0.29, 0.717) is 5.69 Å². The molecule has 1 N–H and O–H groups in total. The van der Waals surface area contributed by atoms with E-state index in [1.807, 2.05) is 48.5 Å². The van der Waals surface area contributed by atoms with Crippen LogP contribution in [-0.4, -0.2) is 15.7 Å². The van der Waals surface area contributed by atoms with Crippen molar-refractivity contribution in [1.82, 2.24) is 9.78 Å². The highest BCUT2D eigenvalue weighted by atomic mass is 32.2. The summed E-state index contributed by atoms with van der Waals surface area (Å²) in [6.45, 7) is -0.144. The first-order valence-corrected chi connectivity index (χ1v) is 10.7. The predicted octanol–water partition coefficient (Wildman–Crippen LogP) is 6.34. The number of alkyl halides is 3. The maximum absolute atomic E-state index is 12.8. The predicted molar refractivity (Wildman–Crippen MR) is 119 cm³/mol. The second kappa shape index (κ2) is 9.83. The lowest BCUT2D eigenvalue weighted by molar-refractivity contribution is -0.137. The minimum absolute atomic E-state index is 0.0539. The van der Waals surface area contributed by atoms with Crippen LogP contribution in [0.3, 0.4) is 0 Å². The zero-order valence-corrected chi connectivity index (χ0v) is 17.9. The van der Waals surface area contributed by atoms with Gasteiger partial charge in [0.2, 0.25) is 0 Å². The monoisotopic (exact) mass is 469 g/mol. The summed E-state index contributed by atoms with van der Waals surface area (Å²) < 4.78 is 45.2. The van der Waals surface area contributed by atoms with Crippen LogP contribution in [-0.2, 0) is 12.9 Å². The van der Waals surface area contributed by atoms with Crippen LogP contribution in [0.5, 0.6) is 5.75 Å². The molecule has 0 aliphatic carbocycles. The largest absolute Gasteiger partial charge is 0.471 e. The van der Waals surface area contributed by atoms with E-state index in [1.165, 1.54) is 40.8 Å².